The maximum Gasteiger partial charge on any atom is 0.101 e. The molecule has 0 saturated carbocycles. The van der Waals surface area contributed by atoms with Crippen molar-refractivity contribution in [3.05, 3.63) is 28.2 Å². The van der Waals surface area contributed by atoms with Gasteiger partial charge in [0.25, 0.3) is 0 Å². The van der Waals surface area contributed by atoms with Gasteiger partial charge in [-0.15, -0.1) is 0 Å². The fourth-order valence-electron chi connectivity index (χ4n) is 1.76. The molecule has 3 nitrogen and oxygen atoms in total. The van der Waals surface area contributed by atoms with E-state index < -0.39 is 0 Å². The van der Waals surface area contributed by atoms with Gasteiger partial charge in [-0.2, -0.15) is 5.26 Å². The molecule has 76 valence electrons. The summed E-state index contributed by atoms with van der Waals surface area (Å²) in [6.07, 6.45) is 1.80. The molecule has 0 amide bonds. The van der Waals surface area contributed by atoms with Crippen LogP contribution in [-0.4, -0.2) is 12.4 Å². The van der Waals surface area contributed by atoms with Gasteiger partial charge in [0.1, 0.15) is 11.9 Å². The van der Waals surface area contributed by atoms with E-state index in [9.17, 15) is 0 Å². The number of rotatable bonds is 1. The van der Waals surface area contributed by atoms with Crippen LogP contribution in [0.25, 0.3) is 0 Å². The van der Waals surface area contributed by atoms with E-state index in [-0.39, 0.29) is 0 Å². The monoisotopic (exact) mass is 263 g/mol. The van der Waals surface area contributed by atoms with Crippen LogP contribution in [0.3, 0.4) is 0 Å². The summed E-state index contributed by atoms with van der Waals surface area (Å²) in [6.45, 7) is 0.837. The third-order valence-electron chi connectivity index (χ3n) is 2.49. The molecule has 0 unspecified atom stereocenters. The summed E-state index contributed by atoms with van der Waals surface area (Å²) in [6, 6.07) is 7.69. The predicted molar refractivity (Wildman–Crippen MR) is 63.2 cm³/mol. The molecule has 0 bridgehead atoms. The number of benzene rings is 1. The highest BCUT2D eigenvalue weighted by Crippen LogP contribution is 2.28. The van der Waals surface area contributed by atoms with Crippen molar-refractivity contribution in [2.75, 3.05) is 11.4 Å². The van der Waals surface area contributed by atoms with Crippen LogP contribution < -0.4 is 4.90 Å². The van der Waals surface area contributed by atoms with E-state index in [0.717, 1.165) is 29.5 Å². The van der Waals surface area contributed by atoms with Crippen LogP contribution >= 0.6 is 15.9 Å². The second-order valence-corrected chi connectivity index (χ2v) is 4.39. The minimum absolute atomic E-state index is 0.601. The molecule has 1 aliphatic heterocycles. The maximum atomic E-state index is 8.99. The van der Waals surface area contributed by atoms with Crippen molar-refractivity contribution in [3.63, 3.8) is 0 Å². The molecule has 1 aromatic rings. The van der Waals surface area contributed by atoms with Crippen LogP contribution in [0, 0.1) is 16.7 Å². The number of amidine groups is 1. The first-order chi connectivity index (χ1) is 7.22. The summed E-state index contributed by atoms with van der Waals surface area (Å²) in [5, 5.41) is 16.8. The zero-order valence-corrected chi connectivity index (χ0v) is 9.71. The molecule has 1 aliphatic rings. The molecule has 0 aliphatic carbocycles. The van der Waals surface area contributed by atoms with Gasteiger partial charge in [-0.05, 0) is 24.6 Å². The Morgan fingerprint density at radius 2 is 2.27 bits per heavy atom. The molecular formula is C11H10BrN3. The Morgan fingerprint density at radius 3 is 2.87 bits per heavy atom. The lowest BCUT2D eigenvalue weighted by Gasteiger charge is -2.19. The zero-order chi connectivity index (χ0) is 10.8. The van der Waals surface area contributed by atoms with Crippen molar-refractivity contribution >= 4 is 27.5 Å². The van der Waals surface area contributed by atoms with Crippen LogP contribution in [-0.2, 0) is 0 Å². The lowest BCUT2D eigenvalue weighted by Crippen LogP contribution is -2.24. The summed E-state index contributed by atoms with van der Waals surface area (Å²) < 4.78 is 0.941. The normalized spacial score (nSPS) is 15.5. The molecule has 1 fully saturated rings. The smallest absolute Gasteiger partial charge is 0.101 e. The Bertz CT molecular complexity index is 448. The number of nitrogens with zero attached hydrogens (tertiary/aromatic N) is 2. The van der Waals surface area contributed by atoms with Crippen LogP contribution in [0.5, 0.6) is 0 Å². The topological polar surface area (TPSA) is 50.9 Å². The molecule has 4 heteroatoms. The number of halogens is 1. The van der Waals surface area contributed by atoms with Crippen molar-refractivity contribution < 1.29 is 0 Å². The molecule has 15 heavy (non-hydrogen) atoms. The average molecular weight is 264 g/mol. The van der Waals surface area contributed by atoms with Gasteiger partial charge in [0, 0.05) is 17.4 Å². The van der Waals surface area contributed by atoms with Crippen LogP contribution in [0.15, 0.2) is 22.7 Å². The molecule has 1 heterocycles. The molecule has 0 spiro atoms. The Balaban J connectivity index is 2.46. The van der Waals surface area contributed by atoms with Gasteiger partial charge in [0.05, 0.1) is 11.3 Å². The second kappa shape index (κ2) is 4.03. The first-order valence-corrected chi connectivity index (χ1v) is 5.56. The highest BCUT2D eigenvalue weighted by molar-refractivity contribution is 9.10. The van der Waals surface area contributed by atoms with Gasteiger partial charge in [-0.1, -0.05) is 15.9 Å². The molecule has 0 radical (unpaired) electrons. The van der Waals surface area contributed by atoms with Gasteiger partial charge >= 0.3 is 0 Å². The summed E-state index contributed by atoms with van der Waals surface area (Å²) >= 11 is 3.39. The average Bonchev–Trinajstić information content (AvgIpc) is 2.64. The number of hydrogen-bond acceptors (Lipinski definition) is 2. The van der Waals surface area contributed by atoms with Gasteiger partial charge in [-0.25, -0.2) is 0 Å². The van der Waals surface area contributed by atoms with E-state index in [2.05, 4.69) is 22.0 Å². The van der Waals surface area contributed by atoms with Crippen LogP contribution in [0.1, 0.15) is 18.4 Å². The van der Waals surface area contributed by atoms with Gasteiger partial charge in [0.2, 0.25) is 0 Å². The second-order valence-electron chi connectivity index (χ2n) is 3.48. The molecule has 1 aromatic carbocycles. The number of hydrogen-bond donors (Lipinski definition) is 1. The van der Waals surface area contributed by atoms with E-state index in [4.69, 9.17) is 10.7 Å². The predicted octanol–water partition coefficient (Wildman–Crippen LogP) is 2.90. The molecule has 0 aromatic heterocycles. The molecule has 1 saturated heterocycles. The fourth-order valence-corrected chi connectivity index (χ4v) is 2.11. The van der Waals surface area contributed by atoms with E-state index in [1.54, 1.807) is 6.07 Å². The minimum atomic E-state index is 0.601. The van der Waals surface area contributed by atoms with Crippen molar-refractivity contribution in [1.82, 2.24) is 0 Å². The lowest BCUT2D eigenvalue weighted by molar-refractivity contribution is 0.955. The fraction of sp³-hybridized carbons (Fsp3) is 0.273. The van der Waals surface area contributed by atoms with E-state index >= 15 is 0 Å². The number of nitriles is 1. The Labute approximate surface area is 97.0 Å². The summed E-state index contributed by atoms with van der Waals surface area (Å²) in [7, 11) is 0. The molecule has 0 atom stereocenters. The third kappa shape index (κ3) is 1.88. The summed E-state index contributed by atoms with van der Waals surface area (Å²) in [4.78, 5) is 1.91. The van der Waals surface area contributed by atoms with Crippen molar-refractivity contribution in [1.29, 1.82) is 10.7 Å². The quantitative estimate of drug-likeness (QED) is 0.847. The van der Waals surface area contributed by atoms with Crippen LogP contribution in [0.4, 0.5) is 5.69 Å². The Kier molecular flexibility index (Phi) is 2.74. The minimum Gasteiger partial charge on any atom is -0.329 e. The third-order valence-corrected chi connectivity index (χ3v) is 2.99. The number of nitrogens with one attached hydrogen (secondary N) is 1. The first kappa shape index (κ1) is 10.2. The van der Waals surface area contributed by atoms with Gasteiger partial charge in [-0.3, -0.25) is 5.41 Å². The highest BCUT2D eigenvalue weighted by atomic mass is 79.9. The molecule has 1 N–H and O–H groups in total. The summed E-state index contributed by atoms with van der Waals surface area (Å²) in [5.74, 6) is 0.601. The van der Waals surface area contributed by atoms with Gasteiger partial charge in [0.15, 0.2) is 0 Å². The van der Waals surface area contributed by atoms with E-state index in [1.807, 2.05) is 17.0 Å². The Hall–Kier alpha value is -1.34. The van der Waals surface area contributed by atoms with Crippen molar-refractivity contribution in [2.45, 2.75) is 12.8 Å². The highest BCUT2D eigenvalue weighted by Gasteiger charge is 2.20. The van der Waals surface area contributed by atoms with E-state index in [0.29, 0.717) is 11.4 Å². The van der Waals surface area contributed by atoms with E-state index in [1.165, 1.54) is 0 Å². The van der Waals surface area contributed by atoms with Crippen molar-refractivity contribution in [2.24, 2.45) is 0 Å². The summed E-state index contributed by atoms with van der Waals surface area (Å²) in [5.41, 5.74) is 1.47. The SMILES string of the molecule is N#Cc1ccc(Br)cc1N1CCCC1=N. The van der Waals surface area contributed by atoms with Crippen LogP contribution in [0.2, 0.25) is 0 Å². The molecular weight excluding hydrogens is 254 g/mol. The Morgan fingerprint density at radius 1 is 1.47 bits per heavy atom. The zero-order valence-electron chi connectivity index (χ0n) is 8.13. The lowest BCUT2D eigenvalue weighted by atomic mass is 10.2. The first-order valence-electron chi connectivity index (χ1n) is 4.77. The molecule has 2 rings (SSSR count). The maximum absolute atomic E-state index is 8.99. The largest absolute Gasteiger partial charge is 0.329 e. The van der Waals surface area contributed by atoms with Crippen molar-refractivity contribution in [3.8, 4) is 6.07 Å². The van der Waals surface area contributed by atoms with Gasteiger partial charge < -0.3 is 4.90 Å². The number of anilines is 1. The standard InChI is InChI=1S/C11H10BrN3/c12-9-4-3-8(7-13)10(6-9)15-5-1-2-11(15)14/h3-4,6,14H,1-2,5H2.